The number of aliphatic imine (C=N–C) groups is 1. The zero-order chi connectivity index (χ0) is 18.9. The van der Waals surface area contributed by atoms with E-state index in [-0.39, 0.29) is 0 Å². The Bertz CT molecular complexity index is 512. The van der Waals surface area contributed by atoms with Gasteiger partial charge in [0.15, 0.2) is 5.96 Å². The molecule has 2 N–H and O–H groups in total. The molecule has 0 bridgehead atoms. The lowest BCUT2D eigenvalue weighted by Crippen LogP contribution is -2.47. The van der Waals surface area contributed by atoms with Crippen LogP contribution < -0.4 is 10.6 Å². The lowest BCUT2D eigenvalue weighted by atomic mass is 9.95. The van der Waals surface area contributed by atoms with Gasteiger partial charge in [-0.25, -0.2) is 0 Å². The summed E-state index contributed by atoms with van der Waals surface area (Å²) in [5.41, 5.74) is 0. The summed E-state index contributed by atoms with van der Waals surface area (Å²) >= 11 is 0. The van der Waals surface area contributed by atoms with E-state index < -0.39 is 10.8 Å². The largest absolute Gasteiger partial charge is 0.356 e. The monoisotopic (exact) mass is 384 g/mol. The van der Waals surface area contributed by atoms with Gasteiger partial charge < -0.3 is 15.5 Å². The van der Waals surface area contributed by atoms with Crippen molar-refractivity contribution in [3.63, 3.8) is 0 Å². The van der Waals surface area contributed by atoms with Gasteiger partial charge in [0.1, 0.15) is 0 Å². The fourth-order valence-corrected chi connectivity index (χ4v) is 5.48. The van der Waals surface area contributed by atoms with E-state index in [1.807, 2.05) is 11.8 Å². The number of hydrogen-bond acceptors (Lipinski definition) is 3. The molecule has 0 aromatic heterocycles. The smallest absolute Gasteiger partial charge is 0.222 e. The molecule has 1 aliphatic heterocycles. The summed E-state index contributed by atoms with van der Waals surface area (Å²) < 4.78 is 12.1. The first-order valence-electron chi connectivity index (χ1n) is 10.2. The maximum absolute atomic E-state index is 12.1. The third-order valence-electron chi connectivity index (χ3n) is 5.64. The molecule has 0 spiro atoms. The molecule has 6 nitrogen and oxygen atoms in total. The summed E-state index contributed by atoms with van der Waals surface area (Å²) in [6.45, 7) is 5.86. The summed E-state index contributed by atoms with van der Waals surface area (Å²) in [7, 11) is 1.09. The van der Waals surface area contributed by atoms with E-state index >= 15 is 0 Å². The first-order chi connectivity index (χ1) is 12.6. The van der Waals surface area contributed by atoms with Crippen LogP contribution in [0.1, 0.15) is 65.2 Å². The van der Waals surface area contributed by atoms with Gasteiger partial charge in [0.2, 0.25) is 5.91 Å². The molecule has 26 heavy (non-hydrogen) atoms. The predicted octanol–water partition coefficient (Wildman–Crippen LogP) is 2.02. The second-order valence-corrected chi connectivity index (χ2v) is 9.35. The van der Waals surface area contributed by atoms with Crippen molar-refractivity contribution in [3.8, 4) is 0 Å². The zero-order valence-corrected chi connectivity index (χ0v) is 17.4. The van der Waals surface area contributed by atoms with Crippen molar-refractivity contribution < 1.29 is 9.00 Å². The summed E-state index contributed by atoms with van der Waals surface area (Å²) in [6.07, 6.45) is 7.90. The van der Waals surface area contributed by atoms with Gasteiger partial charge in [-0.15, -0.1) is 0 Å². The van der Waals surface area contributed by atoms with Crippen molar-refractivity contribution in [2.24, 2.45) is 4.99 Å². The van der Waals surface area contributed by atoms with Crippen molar-refractivity contribution >= 4 is 22.7 Å². The molecule has 1 heterocycles. The quantitative estimate of drug-likeness (QED) is 0.496. The summed E-state index contributed by atoms with van der Waals surface area (Å²) in [5, 5.41) is 7.23. The van der Waals surface area contributed by atoms with E-state index in [0.29, 0.717) is 29.7 Å². The lowest BCUT2D eigenvalue weighted by Gasteiger charge is -2.31. The molecule has 4 atom stereocenters. The second-order valence-electron chi connectivity index (χ2n) is 7.34. The molecule has 2 aliphatic rings. The van der Waals surface area contributed by atoms with Crippen LogP contribution in [0.3, 0.4) is 0 Å². The standard InChI is InChI=1S/C19H36N4O2S/c1-4-16(23-13-7-10-18(23)24)11-12-21-19(20-3)22-15-8-6-9-17(14-15)26(25)5-2/h15-17H,4-14H2,1-3H3,(H2,20,21,22). The third-order valence-corrected chi connectivity index (χ3v) is 7.38. The van der Waals surface area contributed by atoms with E-state index in [9.17, 15) is 9.00 Å². The SMILES string of the molecule is CCC(CCNC(=NC)NC1CCCC(S(=O)CC)C1)N1CCCC1=O. The number of amides is 1. The Hall–Kier alpha value is -1.11. The first-order valence-corrected chi connectivity index (χ1v) is 11.6. The number of likely N-dealkylation sites (tertiary alicyclic amines) is 1. The van der Waals surface area contributed by atoms with Crippen LogP contribution in [0, 0.1) is 0 Å². The average molecular weight is 385 g/mol. The molecule has 4 unspecified atom stereocenters. The summed E-state index contributed by atoms with van der Waals surface area (Å²) in [5.74, 6) is 1.87. The van der Waals surface area contributed by atoms with Crippen LogP contribution in [-0.4, -0.2) is 64.2 Å². The second kappa shape index (κ2) is 10.9. The number of carbonyl (C=O) groups excluding carboxylic acids is 1. The molecule has 2 rings (SSSR count). The van der Waals surface area contributed by atoms with E-state index in [2.05, 4.69) is 22.5 Å². The topological polar surface area (TPSA) is 73.8 Å². The number of hydrogen-bond donors (Lipinski definition) is 2. The van der Waals surface area contributed by atoms with Gasteiger partial charge in [-0.2, -0.15) is 0 Å². The Morgan fingerprint density at radius 3 is 2.77 bits per heavy atom. The van der Waals surface area contributed by atoms with Crippen LogP contribution in [0.15, 0.2) is 4.99 Å². The fourth-order valence-electron chi connectivity index (χ4n) is 4.13. The molecule has 1 amide bonds. The van der Waals surface area contributed by atoms with Gasteiger partial charge in [0, 0.05) is 60.4 Å². The maximum Gasteiger partial charge on any atom is 0.222 e. The van der Waals surface area contributed by atoms with E-state index in [1.165, 1.54) is 0 Å². The number of guanidine groups is 1. The molecule has 2 fully saturated rings. The van der Waals surface area contributed by atoms with Crippen LogP contribution in [0.25, 0.3) is 0 Å². The molecular weight excluding hydrogens is 348 g/mol. The minimum absolute atomic E-state index is 0.302. The summed E-state index contributed by atoms with van der Waals surface area (Å²) in [4.78, 5) is 18.3. The Morgan fingerprint density at radius 2 is 2.15 bits per heavy atom. The molecule has 1 saturated heterocycles. The maximum atomic E-state index is 12.1. The van der Waals surface area contributed by atoms with Crippen molar-refractivity contribution in [2.45, 2.75) is 82.5 Å². The Balaban J connectivity index is 1.76. The first kappa shape index (κ1) is 21.2. The minimum atomic E-state index is -0.706. The summed E-state index contributed by atoms with van der Waals surface area (Å²) in [6, 6.07) is 0.666. The predicted molar refractivity (Wildman–Crippen MR) is 109 cm³/mol. The Morgan fingerprint density at radius 1 is 1.35 bits per heavy atom. The third kappa shape index (κ3) is 5.96. The van der Waals surface area contributed by atoms with Crippen molar-refractivity contribution in [1.29, 1.82) is 0 Å². The highest BCUT2D eigenvalue weighted by Crippen LogP contribution is 2.23. The molecule has 1 aliphatic carbocycles. The lowest BCUT2D eigenvalue weighted by molar-refractivity contribution is -0.129. The van der Waals surface area contributed by atoms with E-state index in [1.54, 1.807) is 7.05 Å². The molecule has 0 aromatic rings. The molecular formula is C19H36N4O2S. The van der Waals surface area contributed by atoms with Gasteiger partial charge in [-0.05, 0) is 38.5 Å². The molecule has 7 heteroatoms. The number of rotatable bonds is 8. The van der Waals surface area contributed by atoms with Gasteiger partial charge in [-0.3, -0.25) is 14.0 Å². The van der Waals surface area contributed by atoms with Crippen molar-refractivity contribution in [3.05, 3.63) is 0 Å². The highest BCUT2D eigenvalue weighted by Gasteiger charge is 2.27. The molecule has 0 aromatic carbocycles. The van der Waals surface area contributed by atoms with Crippen LogP contribution in [0.4, 0.5) is 0 Å². The van der Waals surface area contributed by atoms with Gasteiger partial charge >= 0.3 is 0 Å². The number of nitrogens with one attached hydrogen (secondary N) is 2. The van der Waals surface area contributed by atoms with Crippen LogP contribution in [0.5, 0.6) is 0 Å². The van der Waals surface area contributed by atoms with Crippen molar-refractivity contribution in [1.82, 2.24) is 15.5 Å². The van der Waals surface area contributed by atoms with Gasteiger partial charge in [0.25, 0.3) is 0 Å². The van der Waals surface area contributed by atoms with Crippen LogP contribution >= 0.6 is 0 Å². The van der Waals surface area contributed by atoms with Gasteiger partial charge in [0.05, 0.1) is 0 Å². The highest BCUT2D eigenvalue weighted by molar-refractivity contribution is 7.85. The zero-order valence-electron chi connectivity index (χ0n) is 16.6. The fraction of sp³-hybridized carbons (Fsp3) is 0.895. The molecule has 0 radical (unpaired) electrons. The number of carbonyl (C=O) groups is 1. The Kier molecular flexibility index (Phi) is 8.88. The molecule has 150 valence electrons. The average Bonchev–Trinajstić information content (AvgIpc) is 3.09. The van der Waals surface area contributed by atoms with E-state index in [0.717, 1.165) is 69.7 Å². The van der Waals surface area contributed by atoms with Crippen molar-refractivity contribution in [2.75, 3.05) is 25.9 Å². The van der Waals surface area contributed by atoms with E-state index in [4.69, 9.17) is 0 Å². The normalized spacial score (nSPS) is 26.7. The van der Waals surface area contributed by atoms with Crippen LogP contribution in [-0.2, 0) is 15.6 Å². The minimum Gasteiger partial charge on any atom is -0.356 e. The van der Waals surface area contributed by atoms with Crippen LogP contribution in [0.2, 0.25) is 0 Å². The molecule has 1 saturated carbocycles. The number of nitrogens with zero attached hydrogens (tertiary/aromatic N) is 2. The Labute approximate surface area is 161 Å². The highest BCUT2D eigenvalue weighted by atomic mass is 32.2. The van der Waals surface area contributed by atoms with Gasteiger partial charge in [-0.1, -0.05) is 20.3 Å².